The first-order valence-electron chi connectivity index (χ1n) is 13.4. The van der Waals surface area contributed by atoms with E-state index in [0.29, 0.717) is 18.6 Å². The molecule has 7 heteroatoms. The molecule has 0 saturated heterocycles. The van der Waals surface area contributed by atoms with E-state index < -0.39 is 0 Å². The molecule has 1 aromatic rings. The summed E-state index contributed by atoms with van der Waals surface area (Å²) in [5.41, 5.74) is 1.30. The number of hydrogen-bond acceptors (Lipinski definition) is 5. The highest BCUT2D eigenvalue weighted by atomic mass is 16.5. The van der Waals surface area contributed by atoms with Crippen molar-refractivity contribution in [1.82, 2.24) is 10.6 Å². The second kappa shape index (κ2) is 10.2. The number of amides is 2. The summed E-state index contributed by atoms with van der Waals surface area (Å²) in [6, 6.07) is 6.86. The predicted molar refractivity (Wildman–Crippen MR) is 131 cm³/mol. The van der Waals surface area contributed by atoms with Crippen LogP contribution in [-0.4, -0.2) is 36.2 Å². The fourth-order valence-electron chi connectivity index (χ4n) is 7.48. The number of rotatable bonds is 7. The van der Waals surface area contributed by atoms with Crippen LogP contribution in [0.25, 0.3) is 0 Å². The van der Waals surface area contributed by atoms with E-state index in [9.17, 15) is 14.4 Å². The van der Waals surface area contributed by atoms with Crippen LogP contribution in [0, 0.1) is 23.7 Å². The summed E-state index contributed by atoms with van der Waals surface area (Å²) in [4.78, 5) is 37.4. The number of nitrogens with one attached hydrogen (secondary N) is 2. The zero-order chi connectivity index (χ0) is 24.4. The normalized spacial score (nSPS) is 33.1. The average molecular weight is 483 g/mol. The van der Waals surface area contributed by atoms with Crippen molar-refractivity contribution in [3.05, 3.63) is 35.4 Å². The molecule has 0 aromatic heterocycles. The summed E-state index contributed by atoms with van der Waals surface area (Å²) in [5.74, 6) is 1.59. The monoisotopic (exact) mass is 482 g/mol. The Hall–Kier alpha value is -2.57. The Morgan fingerprint density at radius 3 is 2.20 bits per heavy atom. The lowest BCUT2D eigenvalue weighted by Crippen LogP contribution is -2.62. The molecule has 5 aliphatic carbocycles. The molecule has 2 amide bonds. The summed E-state index contributed by atoms with van der Waals surface area (Å²) >= 11 is 0. The highest BCUT2D eigenvalue weighted by molar-refractivity contribution is 5.89. The SMILES string of the molecule is CCOC(=O)c1ccc(COC(=O)[C@H]2CCC[C@H](NC(=O)NC34CC5CC(CC(C5)C3)C4)C2)cc1. The average Bonchev–Trinajstić information content (AvgIpc) is 2.82. The highest BCUT2D eigenvalue weighted by Crippen LogP contribution is 2.55. The molecule has 6 rings (SSSR count). The quantitative estimate of drug-likeness (QED) is 0.548. The molecule has 190 valence electrons. The molecule has 0 unspecified atom stereocenters. The number of carbonyl (C=O) groups is 3. The standard InChI is InChI=1S/C28H38N2O5/c1-2-34-25(31)22-8-6-18(7-9-22)17-35-26(32)23-4-3-5-24(13-23)29-27(33)30-28-14-19-10-20(15-28)12-21(11-19)16-28/h6-9,19-21,23-24H,2-5,10-17H2,1H3,(H2,29,30,33)/t19?,20?,21?,23-,24-,28?/m0/s1. The predicted octanol–water partition coefficient (Wildman–Crippen LogP) is 4.73. The Morgan fingerprint density at radius 1 is 0.914 bits per heavy atom. The van der Waals surface area contributed by atoms with Crippen LogP contribution in [0.1, 0.15) is 87.1 Å². The molecular weight excluding hydrogens is 444 g/mol. The summed E-state index contributed by atoms with van der Waals surface area (Å²) < 4.78 is 10.6. The van der Waals surface area contributed by atoms with Crippen molar-refractivity contribution in [3.8, 4) is 0 Å². The maximum Gasteiger partial charge on any atom is 0.338 e. The van der Waals surface area contributed by atoms with Gasteiger partial charge in [-0.2, -0.15) is 0 Å². The van der Waals surface area contributed by atoms with Gasteiger partial charge in [0.15, 0.2) is 0 Å². The van der Waals surface area contributed by atoms with Crippen LogP contribution in [-0.2, 0) is 20.9 Å². The molecule has 2 N–H and O–H groups in total. The van der Waals surface area contributed by atoms with E-state index in [1.807, 2.05) is 0 Å². The molecule has 5 saturated carbocycles. The first-order chi connectivity index (χ1) is 16.9. The van der Waals surface area contributed by atoms with Crippen LogP contribution < -0.4 is 10.6 Å². The van der Waals surface area contributed by atoms with Gasteiger partial charge in [0.1, 0.15) is 6.61 Å². The van der Waals surface area contributed by atoms with Crippen molar-refractivity contribution in [3.63, 3.8) is 0 Å². The van der Waals surface area contributed by atoms with Gasteiger partial charge in [-0.3, -0.25) is 4.79 Å². The first kappa shape index (κ1) is 24.1. The summed E-state index contributed by atoms with van der Waals surface area (Å²) in [6.45, 7) is 2.27. The van der Waals surface area contributed by atoms with E-state index in [1.54, 1.807) is 31.2 Å². The van der Waals surface area contributed by atoms with E-state index in [1.165, 1.54) is 19.3 Å². The maximum atomic E-state index is 12.9. The number of benzene rings is 1. The molecule has 0 spiro atoms. The van der Waals surface area contributed by atoms with Crippen LogP contribution in [0.15, 0.2) is 24.3 Å². The minimum atomic E-state index is -0.357. The second-order valence-electron chi connectivity index (χ2n) is 11.4. The van der Waals surface area contributed by atoms with Gasteiger partial charge in [0.05, 0.1) is 18.1 Å². The van der Waals surface area contributed by atoms with Gasteiger partial charge in [0.2, 0.25) is 0 Å². The van der Waals surface area contributed by atoms with Crippen molar-refractivity contribution < 1.29 is 23.9 Å². The van der Waals surface area contributed by atoms with Gasteiger partial charge in [-0.15, -0.1) is 0 Å². The molecule has 1 aromatic carbocycles. The largest absolute Gasteiger partial charge is 0.462 e. The molecule has 35 heavy (non-hydrogen) atoms. The molecule has 7 nitrogen and oxygen atoms in total. The Kier molecular flexibility index (Phi) is 7.03. The molecule has 2 atom stereocenters. The van der Waals surface area contributed by atoms with Crippen molar-refractivity contribution in [2.45, 2.75) is 89.3 Å². The van der Waals surface area contributed by atoms with Gasteiger partial charge in [0.25, 0.3) is 0 Å². The Bertz CT molecular complexity index is 908. The number of hydrogen-bond donors (Lipinski definition) is 2. The zero-order valence-corrected chi connectivity index (χ0v) is 20.7. The van der Waals surface area contributed by atoms with E-state index in [-0.39, 0.29) is 42.1 Å². The van der Waals surface area contributed by atoms with Crippen molar-refractivity contribution >= 4 is 18.0 Å². The summed E-state index contributed by atoms with van der Waals surface area (Å²) in [5, 5.41) is 6.56. The van der Waals surface area contributed by atoms with Crippen LogP contribution in [0.3, 0.4) is 0 Å². The molecule has 5 fully saturated rings. The summed E-state index contributed by atoms with van der Waals surface area (Å²) in [6.07, 6.45) is 10.7. The Labute approximate surface area is 207 Å². The fourth-order valence-corrected chi connectivity index (χ4v) is 7.48. The number of carbonyl (C=O) groups excluding carboxylic acids is 3. The third-order valence-corrected chi connectivity index (χ3v) is 8.61. The van der Waals surface area contributed by atoms with Crippen LogP contribution in [0.2, 0.25) is 0 Å². The van der Waals surface area contributed by atoms with Gasteiger partial charge >= 0.3 is 18.0 Å². The van der Waals surface area contributed by atoms with E-state index in [0.717, 1.165) is 61.8 Å². The van der Waals surface area contributed by atoms with Gasteiger partial charge < -0.3 is 20.1 Å². The topological polar surface area (TPSA) is 93.7 Å². The Balaban J connectivity index is 1.08. The molecule has 0 radical (unpaired) electrons. The Morgan fingerprint density at radius 2 is 1.57 bits per heavy atom. The minimum absolute atomic E-state index is 0.000857. The summed E-state index contributed by atoms with van der Waals surface area (Å²) in [7, 11) is 0. The number of ether oxygens (including phenoxy) is 2. The third-order valence-electron chi connectivity index (χ3n) is 8.61. The smallest absolute Gasteiger partial charge is 0.338 e. The highest BCUT2D eigenvalue weighted by Gasteiger charge is 2.51. The third kappa shape index (κ3) is 5.65. The van der Waals surface area contributed by atoms with Crippen LogP contribution >= 0.6 is 0 Å². The molecule has 4 bridgehead atoms. The lowest BCUT2D eigenvalue weighted by atomic mass is 9.53. The number of esters is 2. The van der Waals surface area contributed by atoms with Crippen molar-refractivity contribution in [2.75, 3.05) is 6.61 Å². The van der Waals surface area contributed by atoms with E-state index >= 15 is 0 Å². The van der Waals surface area contributed by atoms with Gasteiger partial charge in [0, 0.05) is 11.6 Å². The van der Waals surface area contributed by atoms with Crippen LogP contribution in [0.4, 0.5) is 4.79 Å². The maximum absolute atomic E-state index is 12.9. The first-order valence-corrected chi connectivity index (χ1v) is 13.4. The molecular formula is C28H38N2O5. The minimum Gasteiger partial charge on any atom is -0.462 e. The zero-order valence-electron chi connectivity index (χ0n) is 20.7. The van der Waals surface area contributed by atoms with Gasteiger partial charge in [-0.25, -0.2) is 9.59 Å². The lowest BCUT2D eigenvalue weighted by molar-refractivity contribution is -0.151. The fraction of sp³-hybridized carbons (Fsp3) is 0.679. The number of urea groups is 1. The lowest BCUT2D eigenvalue weighted by Gasteiger charge is -2.56. The van der Waals surface area contributed by atoms with Crippen molar-refractivity contribution in [1.29, 1.82) is 0 Å². The molecule has 0 aliphatic heterocycles. The van der Waals surface area contributed by atoms with Crippen molar-refractivity contribution in [2.24, 2.45) is 23.7 Å². The van der Waals surface area contributed by atoms with Gasteiger partial charge in [-0.1, -0.05) is 18.6 Å². The van der Waals surface area contributed by atoms with Gasteiger partial charge in [-0.05, 0) is 100 Å². The van der Waals surface area contributed by atoms with Crippen LogP contribution in [0.5, 0.6) is 0 Å². The second-order valence-corrected chi connectivity index (χ2v) is 11.4. The van der Waals surface area contributed by atoms with E-state index in [2.05, 4.69) is 10.6 Å². The molecule has 5 aliphatic rings. The van der Waals surface area contributed by atoms with E-state index in [4.69, 9.17) is 9.47 Å². The molecule has 0 heterocycles.